The third-order valence-electron chi connectivity index (χ3n) is 4.36. The van der Waals surface area contributed by atoms with Crippen LogP contribution in [0.4, 0.5) is 0 Å². The number of furan rings is 1. The van der Waals surface area contributed by atoms with Gasteiger partial charge in [-0.2, -0.15) is 0 Å². The van der Waals surface area contributed by atoms with Crippen molar-refractivity contribution in [2.75, 3.05) is 18.6 Å². The van der Waals surface area contributed by atoms with Crippen LogP contribution in [0.2, 0.25) is 0 Å². The van der Waals surface area contributed by atoms with Gasteiger partial charge in [-0.25, -0.2) is 13.2 Å². The summed E-state index contributed by atoms with van der Waals surface area (Å²) in [6.45, 7) is 1.46. The molecule has 134 valence electrons. The van der Waals surface area contributed by atoms with Gasteiger partial charge in [0, 0.05) is 18.5 Å². The second-order valence-electron chi connectivity index (χ2n) is 6.20. The molecule has 2 aromatic rings. The van der Waals surface area contributed by atoms with Crippen LogP contribution in [0.1, 0.15) is 23.9 Å². The van der Waals surface area contributed by atoms with Gasteiger partial charge in [-0.3, -0.25) is 4.79 Å². The number of esters is 1. The number of fused-ring (bicyclic) bond motifs is 1. The van der Waals surface area contributed by atoms with Gasteiger partial charge in [-0.05, 0) is 25.5 Å². The van der Waals surface area contributed by atoms with Gasteiger partial charge in [0.15, 0.2) is 15.9 Å². The second-order valence-corrected chi connectivity index (χ2v) is 8.43. The lowest BCUT2D eigenvalue weighted by molar-refractivity contribution is -0.140. The van der Waals surface area contributed by atoms with Crippen molar-refractivity contribution in [1.82, 2.24) is 4.90 Å². The summed E-state index contributed by atoms with van der Waals surface area (Å²) in [5.74, 6) is -1.13. The van der Waals surface area contributed by atoms with Crippen molar-refractivity contribution in [2.24, 2.45) is 0 Å². The number of ether oxygens (including phenoxy) is 1. The molecule has 0 aliphatic carbocycles. The zero-order valence-electron chi connectivity index (χ0n) is 14.0. The SMILES string of the molecule is C[C@H](OC(=O)c1cc2ccccc2o1)C(=O)N(C)[C@@H]1CCS(=O)(=O)C1. The molecular formula is C17H19NO6S. The van der Waals surface area contributed by atoms with E-state index < -0.39 is 27.8 Å². The summed E-state index contributed by atoms with van der Waals surface area (Å²) in [6.07, 6.45) is -0.636. The molecule has 1 saturated heterocycles. The van der Waals surface area contributed by atoms with Crippen LogP contribution in [0.25, 0.3) is 11.0 Å². The zero-order chi connectivity index (χ0) is 18.2. The number of carbonyl (C=O) groups excluding carboxylic acids is 2. The fourth-order valence-corrected chi connectivity index (χ4v) is 4.67. The molecule has 8 heteroatoms. The number of para-hydroxylation sites is 1. The molecule has 3 rings (SSSR count). The zero-order valence-corrected chi connectivity index (χ0v) is 14.8. The number of nitrogens with zero attached hydrogens (tertiary/aromatic N) is 1. The number of amides is 1. The fourth-order valence-electron chi connectivity index (χ4n) is 2.90. The van der Waals surface area contributed by atoms with E-state index in [0.717, 1.165) is 5.39 Å². The molecule has 25 heavy (non-hydrogen) atoms. The van der Waals surface area contributed by atoms with E-state index >= 15 is 0 Å². The molecule has 7 nitrogen and oxygen atoms in total. The molecule has 0 saturated carbocycles. The Kier molecular flexibility index (Phi) is 4.55. The van der Waals surface area contributed by atoms with Gasteiger partial charge in [-0.1, -0.05) is 18.2 Å². The first kappa shape index (κ1) is 17.5. The van der Waals surface area contributed by atoms with Crippen LogP contribution < -0.4 is 0 Å². The Morgan fingerprint density at radius 3 is 2.68 bits per heavy atom. The summed E-state index contributed by atoms with van der Waals surface area (Å²) in [4.78, 5) is 25.9. The molecule has 1 aliphatic heterocycles. The van der Waals surface area contributed by atoms with Gasteiger partial charge in [0.05, 0.1) is 11.5 Å². The average molecular weight is 365 g/mol. The highest BCUT2D eigenvalue weighted by Gasteiger charge is 2.35. The fraction of sp³-hybridized carbons (Fsp3) is 0.412. The minimum absolute atomic E-state index is 0.0203. The quantitative estimate of drug-likeness (QED) is 0.765. The topological polar surface area (TPSA) is 93.9 Å². The van der Waals surface area contributed by atoms with Crippen LogP contribution in [-0.2, 0) is 19.4 Å². The lowest BCUT2D eigenvalue weighted by Gasteiger charge is -2.26. The Hall–Kier alpha value is -2.35. The lowest BCUT2D eigenvalue weighted by atomic mass is 10.2. The average Bonchev–Trinajstić information content (AvgIpc) is 3.16. The number of carbonyl (C=O) groups is 2. The maximum Gasteiger partial charge on any atom is 0.375 e. The molecule has 0 radical (unpaired) electrons. The van der Waals surface area contributed by atoms with Gasteiger partial charge in [0.1, 0.15) is 5.58 Å². The standard InChI is InChI=1S/C17H19NO6S/c1-11(16(19)18(2)13-7-8-25(21,22)10-13)23-17(20)15-9-12-5-3-4-6-14(12)24-15/h3-6,9,11,13H,7-8,10H2,1-2H3/t11-,13+/m0/s1. The minimum Gasteiger partial charge on any atom is -0.449 e. The highest BCUT2D eigenvalue weighted by molar-refractivity contribution is 7.91. The number of likely N-dealkylation sites (N-methyl/N-ethyl adjacent to an activating group) is 1. The Morgan fingerprint density at radius 2 is 2.04 bits per heavy atom. The van der Waals surface area contributed by atoms with E-state index in [1.807, 2.05) is 6.07 Å². The number of benzene rings is 1. The number of sulfone groups is 1. The Balaban J connectivity index is 1.65. The molecule has 1 aromatic carbocycles. The van der Waals surface area contributed by atoms with Crippen LogP contribution >= 0.6 is 0 Å². The molecule has 1 amide bonds. The van der Waals surface area contributed by atoms with Crippen molar-refractivity contribution in [3.05, 3.63) is 36.1 Å². The van der Waals surface area contributed by atoms with Crippen molar-refractivity contribution in [3.8, 4) is 0 Å². The molecule has 0 spiro atoms. The molecule has 1 fully saturated rings. The summed E-state index contributed by atoms with van der Waals surface area (Å²) in [7, 11) is -1.57. The summed E-state index contributed by atoms with van der Waals surface area (Å²) in [5.41, 5.74) is 0.557. The second kappa shape index (κ2) is 6.51. The van der Waals surface area contributed by atoms with Crippen molar-refractivity contribution < 1.29 is 27.2 Å². The van der Waals surface area contributed by atoms with E-state index in [2.05, 4.69) is 0 Å². The van der Waals surface area contributed by atoms with Gasteiger partial charge < -0.3 is 14.1 Å². The predicted octanol–water partition coefficient (Wildman–Crippen LogP) is 1.62. The highest BCUT2D eigenvalue weighted by Crippen LogP contribution is 2.21. The number of hydrogen-bond acceptors (Lipinski definition) is 6. The highest BCUT2D eigenvalue weighted by atomic mass is 32.2. The van der Waals surface area contributed by atoms with E-state index in [-0.39, 0.29) is 23.3 Å². The van der Waals surface area contributed by atoms with Gasteiger partial charge in [0.2, 0.25) is 5.76 Å². The summed E-state index contributed by atoms with van der Waals surface area (Å²) < 4.78 is 33.7. The van der Waals surface area contributed by atoms with Gasteiger partial charge in [-0.15, -0.1) is 0 Å². The molecule has 2 atom stereocenters. The van der Waals surface area contributed by atoms with Crippen LogP contribution in [0.5, 0.6) is 0 Å². The maximum atomic E-state index is 12.4. The van der Waals surface area contributed by atoms with E-state index in [9.17, 15) is 18.0 Å². The van der Waals surface area contributed by atoms with E-state index in [1.54, 1.807) is 24.3 Å². The molecule has 0 N–H and O–H groups in total. The molecular weight excluding hydrogens is 346 g/mol. The van der Waals surface area contributed by atoms with Crippen LogP contribution in [0.3, 0.4) is 0 Å². The number of hydrogen-bond donors (Lipinski definition) is 0. The van der Waals surface area contributed by atoms with E-state index in [0.29, 0.717) is 12.0 Å². The van der Waals surface area contributed by atoms with Crippen LogP contribution in [0.15, 0.2) is 34.7 Å². The Labute approximate surface area is 145 Å². The Bertz CT molecular complexity index is 883. The molecule has 1 aromatic heterocycles. The molecule has 0 unspecified atom stereocenters. The minimum atomic E-state index is -3.10. The molecule has 1 aliphatic rings. The normalized spacial score (nSPS) is 20.3. The lowest BCUT2D eigenvalue weighted by Crippen LogP contribution is -2.44. The third kappa shape index (κ3) is 3.68. The largest absolute Gasteiger partial charge is 0.449 e. The third-order valence-corrected chi connectivity index (χ3v) is 6.11. The maximum absolute atomic E-state index is 12.4. The monoisotopic (exact) mass is 365 g/mol. The van der Waals surface area contributed by atoms with Crippen molar-refractivity contribution >= 4 is 32.7 Å². The molecule has 0 bridgehead atoms. The van der Waals surface area contributed by atoms with E-state index in [4.69, 9.17) is 9.15 Å². The van der Waals surface area contributed by atoms with Crippen molar-refractivity contribution in [1.29, 1.82) is 0 Å². The Morgan fingerprint density at radius 1 is 1.32 bits per heavy atom. The van der Waals surface area contributed by atoms with Crippen LogP contribution in [-0.4, -0.2) is 55.9 Å². The van der Waals surface area contributed by atoms with Crippen LogP contribution in [0, 0.1) is 0 Å². The summed E-state index contributed by atoms with van der Waals surface area (Å²) in [5, 5.41) is 0.765. The predicted molar refractivity (Wildman–Crippen MR) is 90.9 cm³/mol. The van der Waals surface area contributed by atoms with Gasteiger partial charge in [0.25, 0.3) is 5.91 Å². The molecule has 2 heterocycles. The first-order valence-electron chi connectivity index (χ1n) is 7.93. The van der Waals surface area contributed by atoms with Crippen molar-refractivity contribution in [2.45, 2.75) is 25.5 Å². The smallest absolute Gasteiger partial charge is 0.375 e. The van der Waals surface area contributed by atoms with Crippen molar-refractivity contribution in [3.63, 3.8) is 0 Å². The van der Waals surface area contributed by atoms with Gasteiger partial charge >= 0.3 is 5.97 Å². The first-order valence-corrected chi connectivity index (χ1v) is 9.75. The first-order chi connectivity index (χ1) is 11.8. The summed E-state index contributed by atoms with van der Waals surface area (Å²) >= 11 is 0. The summed E-state index contributed by atoms with van der Waals surface area (Å²) in [6, 6.07) is 8.32. The number of rotatable bonds is 4. The van der Waals surface area contributed by atoms with E-state index in [1.165, 1.54) is 18.9 Å².